The first-order valence-electron chi connectivity index (χ1n) is 5.39. The second kappa shape index (κ2) is 4.74. The molecule has 1 aliphatic rings. The summed E-state index contributed by atoms with van der Waals surface area (Å²) in [5.41, 5.74) is 0.361. The van der Waals surface area contributed by atoms with Crippen LogP contribution in [0.25, 0.3) is 0 Å². The molecule has 3 nitrogen and oxygen atoms in total. The van der Waals surface area contributed by atoms with Crippen molar-refractivity contribution in [2.75, 3.05) is 12.4 Å². The summed E-state index contributed by atoms with van der Waals surface area (Å²) < 4.78 is 0. The van der Waals surface area contributed by atoms with Gasteiger partial charge in [-0.2, -0.15) is 0 Å². The molecule has 1 atom stereocenters. The van der Waals surface area contributed by atoms with E-state index >= 15 is 0 Å². The molecule has 0 saturated carbocycles. The molecule has 86 valence electrons. The Hall–Kier alpha value is -1.22. The van der Waals surface area contributed by atoms with E-state index in [1.165, 1.54) is 6.07 Å². The highest BCUT2D eigenvalue weighted by Crippen LogP contribution is 2.24. The number of hydrogen-bond acceptors (Lipinski definition) is 2. The largest absolute Gasteiger partial charge is 0.507 e. The zero-order valence-electron chi connectivity index (χ0n) is 8.90. The molecular weight excluding hydrogens is 226 g/mol. The normalized spacial score (nSPS) is 20.1. The molecule has 1 N–H and O–H groups in total. The predicted molar refractivity (Wildman–Crippen MR) is 62.9 cm³/mol. The van der Waals surface area contributed by atoms with Crippen LogP contribution in [-0.2, 0) is 0 Å². The number of rotatable bonds is 2. The molecule has 1 aromatic rings. The number of carbonyl (C=O) groups excluding carboxylic acids is 1. The highest BCUT2D eigenvalue weighted by Gasteiger charge is 2.29. The lowest BCUT2D eigenvalue weighted by molar-refractivity contribution is 0.0746. The average Bonchev–Trinajstić information content (AvgIpc) is 2.77. The van der Waals surface area contributed by atoms with E-state index in [0.29, 0.717) is 11.4 Å². The summed E-state index contributed by atoms with van der Waals surface area (Å²) in [7, 11) is 0. The number of amides is 1. The molecule has 0 aromatic heterocycles. The molecule has 1 aliphatic heterocycles. The molecule has 0 spiro atoms. The summed E-state index contributed by atoms with van der Waals surface area (Å²) in [5, 5.41) is 9.62. The minimum Gasteiger partial charge on any atom is -0.507 e. The van der Waals surface area contributed by atoms with Gasteiger partial charge in [0.1, 0.15) is 5.75 Å². The quantitative estimate of drug-likeness (QED) is 0.804. The number of hydrogen-bond donors (Lipinski definition) is 1. The van der Waals surface area contributed by atoms with Gasteiger partial charge < -0.3 is 10.0 Å². The maximum absolute atomic E-state index is 12.1. The highest BCUT2D eigenvalue weighted by molar-refractivity contribution is 6.18. The fourth-order valence-electron chi connectivity index (χ4n) is 2.07. The van der Waals surface area contributed by atoms with Gasteiger partial charge in [0.05, 0.1) is 5.56 Å². The van der Waals surface area contributed by atoms with Crippen LogP contribution in [0.2, 0.25) is 0 Å². The number of aromatic hydroxyl groups is 1. The Bertz CT molecular complexity index is 394. The first-order valence-corrected chi connectivity index (χ1v) is 5.92. The predicted octanol–water partition coefficient (Wildman–Crippen LogP) is 2.24. The summed E-state index contributed by atoms with van der Waals surface area (Å²) in [6.45, 7) is 0.727. The maximum atomic E-state index is 12.1. The fraction of sp³-hybridized carbons (Fsp3) is 0.417. The minimum atomic E-state index is -0.124. The van der Waals surface area contributed by atoms with E-state index in [2.05, 4.69) is 0 Å². The van der Waals surface area contributed by atoms with Crippen LogP contribution >= 0.6 is 11.6 Å². The molecule has 1 heterocycles. The van der Waals surface area contributed by atoms with E-state index in [0.717, 1.165) is 19.4 Å². The Kier molecular flexibility index (Phi) is 3.34. The van der Waals surface area contributed by atoms with E-state index < -0.39 is 0 Å². The second-order valence-corrected chi connectivity index (χ2v) is 4.27. The van der Waals surface area contributed by atoms with E-state index in [9.17, 15) is 9.90 Å². The summed E-state index contributed by atoms with van der Waals surface area (Å²) >= 11 is 5.82. The van der Waals surface area contributed by atoms with Crippen LogP contribution in [0.1, 0.15) is 23.2 Å². The molecule has 4 heteroatoms. The molecule has 1 unspecified atom stereocenters. The molecule has 1 saturated heterocycles. The number of phenols is 1. The molecule has 1 fully saturated rings. The van der Waals surface area contributed by atoms with Gasteiger partial charge in [-0.1, -0.05) is 12.1 Å². The van der Waals surface area contributed by atoms with Crippen LogP contribution in [0, 0.1) is 0 Å². The van der Waals surface area contributed by atoms with Crippen molar-refractivity contribution in [3.63, 3.8) is 0 Å². The number of benzene rings is 1. The van der Waals surface area contributed by atoms with Crippen molar-refractivity contribution in [1.82, 2.24) is 4.90 Å². The highest BCUT2D eigenvalue weighted by atomic mass is 35.5. The van der Waals surface area contributed by atoms with Crippen LogP contribution < -0.4 is 0 Å². The van der Waals surface area contributed by atoms with Crippen molar-refractivity contribution in [2.24, 2.45) is 0 Å². The third-order valence-corrected chi connectivity index (χ3v) is 3.31. The first kappa shape index (κ1) is 11.3. The van der Waals surface area contributed by atoms with Crippen LogP contribution in [0.4, 0.5) is 0 Å². The SMILES string of the molecule is O=C(c1ccccc1O)N1CCCC1CCl. The maximum Gasteiger partial charge on any atom is 0.257 e. The number of para-hydroxylation sites is 1. The van der Waals surface area contributed by atoms with Gasteiger partial charge in [0.2, 0.25) is 0 Å². The van der Waals surface area contributed by atoms with Crippen molar-refractivity contribution in [3.05, 3.63) is 29.8 Å². The topological polar surface area (TPSA) is 40.5 Å². The number of nitrogens with zero attached hydrogens (tertiary/aromatic N) is 1. The first-order chi connectivity index (χ1) is 7.74. The zero-order valence-corrected chi connectivity index (χ0v) is 9.65. The zero-order chi connectivity index (χ0) is 11.5. The van der Waals surface area contributed by atoms with E-state index in [1.54, 1.807) is 23.1 Å². The molecule has 2 rings (SSSR count). The lowest BCUT2D eigenvalue weighted by atomic mass is 10.1. The van der Waals surface area contributed by atoms with Gasteiger partial charge in [-0.3, -0.25) is 4.79 Å². The lowest BCUT2D eigenvalue weighted by Gasteiger charge is -2.23. The number of alkyl halides is 1. The third-order valence-electron chi connectivity index (χ3n) is 2.95. The molecule has 0 bridgehead atoms. The Morgan fingerprint density at radius 2 is 2.25 bits per heavy atom. The molecule has 0 radical (unpaired) electrons. The monoisotopic (exact) mass is 239 g/mol. The standard InChI is InChI=1S/C12H14ClNO2/c13-8-9-4-3-7-14(9)12(16)10-5-1-2-6-11(10)15/h1-2,5-6,9,15H,3-4,7-8H2. The van der Waals surface area contributed by atoms with Crippen molar-refractivity contribution in [1.29, 1.82) is 0 Å². The number of halogens is 1. The van der Waals surface area contributed by atoms with Gasteiger partial charge in [0, 0.05) is 18.5 Å². The van der Waals surface area contributed by atoms with Gasteiger partial charge in [0.25, 0.3) is 5.91 Å². The van der Waals surface area contributed by atoms with Crippen molar-refractivity contribution < 1.29 is 9.90 Å². The Morgan fingerprint density at radius 1 is 1.50 bits per heavy atom. The lowest BCUT2D eigenvalue weighted by Crippen LogP contribution is -2.36. The molecular formula is C12H14ClNO2. The molecule has 16 heavy (non-hydrogen) atoms. The van der Waals surface area contributed by atoms with E-state index in [1.807, 2.05) is 0 Å². The van der Waals surface area contributed by atoms with E-state index in [4.69, 9.17) is 11.6 Å². The summed E-state index contributed by atoms with van der Waals surface area (Å²) in [6, 6.07) is 6.72. The smallest absolute Gasteiger partial charge is 0.257 e. The van der Waals surface area contributed by atoms with Crippen LogP contribution in [-0.4, -0.2) is 34.4 Å². The summed E-state index contributed by atoms with van der Waals surface area (Å²) in [5.74, 6) is 0.369. The van der Waals surface area contributed by atoms with Crippen molar-refractivity contribution in [2.45, 2.75) is 18.9 Å². The average molecular weight is 240 g/mol. The Balaban J connectivity index is 2.22. The molecule has 1 amide bonds. The fourth-order valence-corrected chi connectivity index (χ4v) is 2.39. The van der Waals surface area contributed by atoms with Gasteiger partial charge >= 0.3 is 0 Å². The van der Waals surface area contributed by atoms with Crippen molar-refractivity contribution in [3.8, 4) is 5.75 Å². The minimum absolute atomic E-state index is 0.0349. The Labute approximate surface area is 99.6 Å². The molecule has 0 aliphatic carbocycles. The van der Waals surface area contributed by atoms with Crippen LogP contribution in [0.15, 0.2) is 24.3 Å². The third kappa shape index (κ3) is 2.00. The van der Waals surface area contributed by atoms with Crippen LogP contribution in [0.3, 0.4) is 0 Å². The van der Waals surface area contributed by atoms with E-state index in [-0.39, 0.29) is 17.7 Å². The second-order valence-electron chi connectivity index (χ2n) is 3.97. The van der Waals surface area contributed by atoms with Gasteiger partial charge in [-0.05, 0) is 25.0 Å². The van der Waals surface area contributed by atoms with Crippen molar-refractivity contribution >= 4 is 17.5 Å². The number of likely N-dealkylation sites (tertiary alicyclic amines) is 1. The Morgan fingerprint density at radius 3 is 2.94 bits per heavy atom. The van der Waals surface area contributed by atoms with Crippen LogP contribution in [0.5, 0.6) is 5.75 Å². The summed E-state index contributed by atoms with van der Waals surface area (Å²) in [6.07, 6.45) is 1.93. The summed E-state index contributed by atoms with van der Waals surface area (Å²) in [4.78, 5) is 13.9. The van der Waals surface area contributed by atoms with Gasteiger partial charge in [0.15, 0.2) is 0 Å². The van der Waals surface area contributed by atoms with Gasteiger partial charge in [-0.15, -0.1) is 11.6 Å². The van der Waals surface area contributed by atoms with Gasteiger partial charge in [-0.25, -0.2) is 0 Å². The number of carbonyl (C=O) groups is 1. The molecule has 1 aromatic carbocycles. The number of phenolic OH excluding ortho intramolecular Hbond substituents is 1.